The van der Waals surface area contributed by atoms with Crippen molar-refractivity contribution in [1.29, 1.82) is 0 Å². The Morgan fingerprint density at radius 2 is 1.73 bits per heavy atom. The summed E-state index contributed by atoms with van der Waals surface area (Å²) in [6.07, 6.45) is 8.07. The molecule has 0 aromatic rings. The molecule has 0 aromatic heterocycles. The molecule has 0 atom stereocenters. The summed E-state index contributed by atoms with van der Waals surface area (Å²) >= 11 is 0. The molecule has 0 saturated heterocycles. The molecular formula is C11H11O4. The topological polar surface area (TPSA) is 52.6 Å². The lowest BCUT2D eigenvalue weighted by atomic mass is 9.97. The molecule has 0 amide bonds. The van der Waals surface area contributed by atoms with E-state index in [4.69, 9.17) is 0 Å². The Bertz CT molecular complexity index is 274. The maximum absolute atomic E-state index is 11.4. The smallest absolute Gasteiger partial charge is 0.334 e. The van der Waals surface area contributed by atoms with Crippen LogP contribution >= 0.6 is 0 Å². The number of hydrogen-bond donors (Lipinski definition) is 0. The predicted molar refractivity (Wildman–Crippen MR) is 52.6 cm³/mol. The summed E-state index contributed by atoms with van der Waals surface area (Å²) < 4.78 is 9.02. The molecule has 1 rings (SSSR count). The zero-order valence-electron chi connectivity index (χ0n) is 8.52. The van der Waals surface area contributed by atoms with E-state index in [1.165, 1.54) is 14.2 Å². The molecule has 1 saturated carbocycles. The van der Waals surface area contributed by atoms with E-state index in [1.54, 1.807) is 25.7 Å². The standard InChI is InChI=1S/C11H11O4/c1-14-10(12)7-9(11(13)15-2)8-5-3-4-6-8/h3-7H,1-2H3/b9-7-. The lowest BCUT2D eigenvalue weighted by molar-refractivity contribution is -0.138. The first-order chi connectivity index (χ1) is 7.19. The van der Waals surface area contributed by atoms with E-state index in [1.807, 2.05) is 0 Å². The van der Waals surface area contributed by atoms with E-state index in [0.29, 0.717) is 5.92 Å². The van der Waals surface area contributed by atoms with Gasteiger partial charge in [0.2, 0.25) is 0 Å². The van der Waals surface area contributed by atoms with Crippen LogP contribution in [0.3, 0.4) is 0 Å². The molecule has 4 nitrogen and oxygen atoms in total. The second-order valence-electron chi connectivity index (χ2n) is 2.75. The molecule has 0 aromatic carbocycles. The quantitative estimate of drug-likeness (QED) is 0.504. The Balaban J connectivity index is 2.81. The highest BCUT2D eigenvalue weighted by molar-refractivity contribution is 6.00. The number of ether oxygens (including phenoxy) is 2. The van der Waals surface area contributed by atoms with Gasteiger partial charge in [0, 0.05) is 12.0 Å². The molecule has 15 heavy (non-hydrogen) atoms. The van der Waals surface area contributed by atoms with Crippen LogP contribution in [-0.4, -0.2) is 26.2 Å². The number of rotatable bonds is 3. The Morgan fingerprint density at radius 1 is 1.13 bits per heavy atom. The maximum Gasteiger partial charge on any atom is 0.334 e. The third kappa shape index (κ3) is 3.08. The Kier molecular flexibility index (Phi) is 4.34. The van der Waals surface area contributed by atoms with E-state index in [9.17, 15) is 9.59 Å². The first kappa shape index (κ1) is 11.8. The van der Waals surface area contributed by atoms with Crippen LogP contribution in [-0.2, 0) is 19.1 Å². The molecule has 4 heteroatoms. The second-order valence-corrected chi connectivity index (χ2v) is 2.75. The van der Waals surface area contributed by atoms with Gasteiger partial charge in [-0.2, -0.15) is 0 Å². The van der Waals surface area contributed by atoms with Crippen molar-refractivity contribution < 1.29 is 19.1 Å². The third-order valence-electron chi connectivity index (χ3n) is 1.84. The lowest BCUT2D eigenvalue weighted by Crippen LogP contribution is -2.14. The van der Waals surface area contributed by atoms with E-state index >= 15 is 0 Å². The molecule has 0 unspecified atom stereocenters. The van der Waals surface area contributed by atoms with Gasteiger partial charge in [0.15, 0.2) is 0 Å². The van der Waals surface area contributed by atoms with Gasteiger partial charge in [0.1, 0.15) is 0 Å². The van der Waals surface area contributed by atoms with Crippen molar-refractivity contribution in [3.8, 4) is 0 Å². The molecular weight excluding hydrogens is 196 g/mol. The molecule has 1 aliphatic rings. The Labute approximate surface area is 89.2 Å². The molecule has 0 N–H and O–H groups in total. The summed E-state index contributed by atoms with van der Waals surface area (Å²) in [7, 11) is 2.51. The van der Waals surface area contributed by atoms with Crippen LogP contribution in [0.25, 0.3) is 0 Å². The summed E-state index contributed by atoms with van der Waals surface area (Å²) in [6.45, 7) is 0. The van der Waals surface area contributed by atoms with Gasteiger partial charge in [0.25, 0.3) is 0 Å². The zero-order valence-corrected chi connectivity index (χ0v) is 8.52. The average molecular weight is 207 g/mol. The van der Waals surface area contributed by atoms with Crippen molar-refractivity contribution in [2.24, 2.45) is 0 Å². The van der Waals surface area contributed by atoms with Crippen LogP contribution in [0.5, 0.6) is 0 Å². The highest BCUT2D eigenvalue weighted by Gasteiger charge is 2.27. The average Bonchev–Trinajstić information content (AvgIpc) is 2.77. The zero-order chi connectivity index (χ0) is 11.3. The van der Waals surface area contributed by atoms with Crippen molar-refractivity contribution in [3.05, 3.63) is 43.3 Å². The van der Waals surface area contributed by atoms with Crippen LogP contribution < -0.4 is 0 Å². The van der Waals surface area contributed by atoms with Gasteiger partial charge in [-0.05, 0) is 25.7 Å². The monoisotopic (exact) mass is 207 g/mol. The normalized spacial score (nSPS) is 17.6. The van der Waals surface area contributed by atoms with Gasteiger partial charge in [-0.1, -0.05) is 0 Å². The van der Waals surface area contributed by atoms with E-state index in [-0.39, 0.29) is 5.57 Å². The summed E-state index contributed by atoms with van der Waals surface area (Å²) in [5.41, 5.74) is 0.189. The second kappa shape index (κ2) is 5.53. The fourth-order valence-electron chi connectivity index (χ4n) is 1.10. The lowest BCUT2D eigenvalue weighted by Gasteiger charge is -2.10. The van der Waals surface area contributed by atoms with Gasteiger partial charge < -0.3 is 9.47 Å². The summed E-state index contributed by atoms with van der Waals surface area (Å²) in [4.78, 5) is 22.4. The molecule has 0 bridgehead atoms. The van der Waals surface area contributed by atoms with Gasteiger partial charge >= 0.3 is 11.9 Å². The van der Waals surface area contributed by atoms with Crippen molar-refractivity contribution in [1.82, 2.24) is 0 Å². The fourth-order valence-corrected chi connectivity index (χ4v) is 1.10. The SMILES string of the molecule is COC(=O)/C=C(/[C]1[CH][CH][CH][CH]1)C(=O)OC. The van der Waals surface area contributed by atoms with Crippen LogP contribution in [0.4, 0.5) is 0 Å². The van der Waals surface area contributed by atoms with Crippen molar-refractivity contribution in [2.75, 3.05) is 14.2 Å². The number of carbonyl (C=O) groups excluding carboxylic acids is 2. The van der Waals surface area contributed by atoms with E-state index in [2.05, 4.69) is 9.47 Å². The molecule has 0 aliphatic heterocycles. The molecule has 0 spiro atoms. The van der Waals surface area contributed by atoms with Gasteiger partial charge in [-0.15, -0.1) is 0 Å². The summed E-state index contributed by atoms with van der Waals surface area (Å²) in [5.74, 6) is -0.518. The number of methoxy groups -OCH3 is 2. The molecule has 5 radical (unpaired) electrons. The van der Waals surface area contributed by atoms with Crippen molar-refractivity contribution in [3.63, 3.8) is 0 Å². The Hall–Kier alpha value is -1.32. The number of carbonyl (C=O) groups is 2. The molecule has 79 valence electrons. The third-order valence-corrected chi connectivity index (χ3v) is 1.84. The van der Waals surface area contributed by atoms with Crippen LogP contribution in [0.1, 0.15) is 0 Å². The van der Waals surface area contributed by atoms with Gasteiger partial charge in [-0.3, -0.25) is 0 Å². The minimum absolute atomic E-state index is 0.189. The maximum atomic E-state index is 11.4. The predicted octanol–water partition coefficient (Wildman–Crippen LogP) is 0.664. The van der Waals surface area contributed by atoms with Crippen molar-refractivity contribution in [2.45, 2.75) is 0 Å². The van der Waals surface area contributed by atoms with E-state index in [0.717, 1.165) is 6.08 Å². The van der Waals surface area contributed by atoms with Crippen molar-refractivity contribution >= 4 is 11.9 Å². The Morgan fingerprint density at radius 3 is 2.20 bits per heavy atom. The van der Waals surface area contributed by atoms with E-state index < -0.39 is 11.9 Å². The summed E-state index contributed by atoms with van der Waals surface area (Å²) in [6, 6.07) is 0. The molecule has 0 heterocycles. The summed E-state index contributed by atoms with van der Waals surface area (Å²) in [5, 5.41) is 0. The highest BCUT2D eigenvalue weighted by Crippen LogP contribution is 2.30. The first-order valence-corrected chi connectivity index (χ1v) is 4.29. The van der Waals surface area contributed by atoms with Crippen LogP contribution in [0, 0.1) is 31.6 Å². The number of esters is 2. The molecule has 1 fully saturated rings. The minimum atomic E-state index is -0.586. The number of hydrogen-bond acceptors (Lipinski definition) is 4. The first-order valence-electron chi connectivity index (χ1n) is 4.29. The molecule has 1 aliphatic carbocycles. The highest BCUT2D eigenvalue weighted by atomic mass is 16.5. The van der Waals surface area contributed by atoms with Gasteiger partial charge in [-0.25, -0.2) is 9.59 Å². The fraction of sp³-hybridized carbons (Fsp3) is 0.182. The van der Waals surface area contributed by atoms with Crippen LogP contribution in [0.2, 0.25) is 0 Å². The van der Waals surface area contributed by atoms with Crippen LogP contribution in [0.15, 0.2) is 11.6 Å². The van der Waals surface area contributed by atoms with Gasteiger partial charge in [0.05, 0.1) is 19.8 Å². The largest absolute Gasteiger partial charge is 0.466 e. The minimum Gasteiger partial charge on any atom is -0.466 e.